The number of sulfonamides is 1. The molecular weight excluding hydrogens is 521 g/mol. The van der Waals surface area contributed by atoms with Gasteiger partial charge in [-0.2, -0.15) is 0 Å². The number of thioether (sulfide) groups is 1. The smallest absolute Gasteiger partial charge is 0.244 e. The van der Waals surface area contributed by atoms with Crippen LogP contribution < -0.4 is 0 Å². The number of halogens is 3. The van der Waals surface area contributed by atoms with E-state index in [2.05, 4.69) is 4.99 Å². The SMILES string of the molecule is Br.CN1/C(=N\c2ccccc2Cl)SCC1(O)c1ccc(Cl)c(S(=O)(=O)N(C)C)c1. The molecule has 0 radical (unpaired) electrons. The van der Waals surface area contributed by atoms with Crippen molar-refractivity contribution in [1.29, 1.82) is 0 Å². The lowest BCUT2D eigenvalue weighted by atomic mass is 10.0. The average molecular weight is 541 g/mol. The minimum atomic E-state index is -3.75. The number of para-hydroxylation sites is 1. The fourth-order valence-corrected chi connectivity index (χ4v) is 5.46. The average Bonchev–Trinajstić information content (AvgIpc) is 2.93. The van der Waals surface area contributed by atoms with E-state index >= 15 is 0 Å². The number of aliphatic imine (C=N–C) groups is 1. The largest absolute Gasteiger partial charge is 0.366 e. The van der Waals surface area contributed by atoms with Crippen LogP contribution in [0.4, 0.5) is 5.69 Å². The predicted molar refractivity (Wildman–Crippen MR) is 125 cm³/mol. The number of hydrogen-bond donors (Lipinski definition) is 1. The van der Waals surface area contributed by atoms with Gasteiger partial charge in [0.05, 0.1) is 21.5 Å². The highest BCUT2D eigenvalue weighted by molar-refractivity contribution is 8.93. The first-order chi connectivity index (χ1) is 13.1. The summed E-state index contributed by atoms with van der Waals surface area (Å²) in [5.41, 5.74) is -0.433. The molecule has 3 rings (SSSR count). The van der Waals surface area contributed by atoms with Crippen LogP contribution in [0.1, 0.15) is 5.56 Å². The molecular formula is C18H20BrCl2N3O3S2. The van der Waals surface area contributed by atoms with Crippen LogP contribution in [0, 0.1) is 0 Å². The summed E-state index contributed by atoms with van der Waals surface area (Å²) in [6, 6.07) is 11.7. The summed E-state index contributed by atoms with van der Waals surface area (Å²) in [5, 5.41) is 12.5. The van der Waals surface area contributed by atoms with Gasteiger partial charge in [-0.3, -0.25) is 0 Å². The Morgan fingerprint density at radius 1 is 1.17 bits per heavy atom. The van der Waals surface area contributed by atoms with Crippen LogP contribution in [0.15, 0.2) is 52.4 Å². The summed E-state index contributed by atoms with van der Waals surface area (Å²) in [5.74, 6) is 0.274. The molecule has 2 aromatic carbocycles. The molecule has 1 aliphatic rings. The second-order valence-electron chi connectivity index (χ2n) is 6.44. The molecule has 0 spiro atoms. The van der Waals surface area contributed by atoms with Crippen LogP contribution in [0.25, 0.3) is 0 Å². The maximum atomic E-state index is 12.6. The molecule has 1 unspecified atom stereocenters. The predicted octanol–water partition coefficient (Wildman–Crippen LogP) is 4.33. The molecule has 1 aliphatic heterocycles. The number of amidine groups is 1. The molecule has 158 valence electrons. The lowest BCUT2D eigenvalue weighted by Gasteiger charge is -2.31. The van der Waals surface area contributed by atoms with Crippen LogP contribution in [-0.4, -0.2) is 54.8 Å². The van der Waals surface area contributed by atoms with E-state index in [9.17, 15) is 13.5 Å². The Morgan fingerprint density at radius 2 is 1.83 bits per heavy atom. The molecule has 29 heavy (non-hydrogen) atoms. The molecule has 2 aromatic rings. The van der Waals surface area contributed by atoms with E-state index in [-0.39, 0.29) is 32.7 Å². The Hall–Kier alpha value is -0.810. The molecule has 0 saturated carbocycles. The first kappa shape index (κ1) is 24.5. The molecule has 0 aliphatic carbocycles. The monoisotopic (exact) mass is 539 g/mol. The van der Waals surface area contributed by atoms with E-state index in [1.807, 2.05) is 12.1 Å². The van der Waals surface area contributed by atoms with Crippen LogP contribution in [0.5, 0.6) is 0 Å². The quantitative estimate of drug-likeness (QED) is 0.624. The summed E-state index contributed by atoms with van der Waals surface area (Å²) in [6.45, 7) is 0. The molecule has 1 atom stereocenters. The van der Waals surface area contributed by atoms with Gasteiger partial charge >= 0.3 is 0 Å². The highest BCUT2D eigenvalue weighted by Gasteiger charge is 2.43. The van der Waals surface area contributed by atoms with Gasteiger partial charge in [0.25, 0.3) is 0 Å². The van der Waals surface area contributed by atoms with Crippen molar-refractivity contribution >= 4 is 72.8 Å². The van der Waals surface area contributed by atoms with Crippen molar-refractivity contribution < 1.29 is 13.5 Å². The van der Waals surface area contributed by atoms with Gasteiger partial charge in [0.1, 0.15) is 4.90 Å². The van der Waals surface area contributed by atoms with E-state index in [0.717, 1.165) is 4.31 Å². The first-order valence-corrected chi connectivity index (χ1v) is 11.4. The van der Waals surface area contributed by atoms with Crippen LogP contribution in [0.3, 0.4) is 0 Å². The van der Waals surface area contributed by atoms with E-state index in [1.54, 1.807) is 30.1 Å². The molecule has 1 saturated heterocycles. The Balaban J connectivity index is 0.00000300. The number of benzene rings is 2. The van der Waals surface area contributed by atoms with Crippen molar-refractivity contribution in [3.63, 3.8) is 0 Å². The van der Waals surface area contributed by atoms with E-state index < -0.39 is 15.7 Å². The first-order valence-electron chi connectivity index (χ1n) is 8.22. The maximum absolute atomic E-state index is 12.6. The number of nitrogens with zero attached hydrogens (tertiary/aromatic N) is 3. The van der Waals surface area contributed by atoms with E-state index in [4.69, 9.17) is 23.2 Å². The minimum absolute atomic E-state index is 0. The van der Waals surface area contributed by atoms with Gasteiger partial charge < -0.3 is 10.0 Å². The molecule has 1 fully saturated rings. The molecule has 11 heteroatoms. The molecule has 1 N–H and O–H groups in total. The highest BCUT2D eigenvalue weighted by Crippen LogP contribution is 2.41. The van der Waals surface area contributed by atoms with Crippen LogP contribution in [0.2, 0.25) is 10.0 Å². The van der Waals surface area contributed by atoms with Gasteiger partial charge in [-0.15, -0.1) is 17.0 Å². The topological polar surface area (TPSA) is 73.2 Å². The van der Waals surface area contributed by atoms with Crippen molar-refractivity contribution in [3.05, 3.63) is 58.1 Å². The van der Waals surface area contributed by atoms with Gasteiger partial charge in [-0.1, -0.05) is 53.2 Å². The maximum Gasteiger partial charge on any atom is 0.244 e. The van der Waals surface area contributed by atoms with Crippen molar-refractivity contribution in [3.8, 4) is 0 Å². The number of rotatable bonds is 4. The van der Waals surface area contributed by atoms with Crippen molar-refractivity contribution in [2.24, 2.45) is 4.99 Å². The fraction of sp³-hybridized carbons (Fsp3) is 0.278. The van der Waals surface area contributed by atoms with Gasteiger partial charge in [-0.25, -0.2) is 17.7 Å². The molecule has 1 heterocycles. The highest BCUT2D eigenvalue weighted by atomic mass is 79.9. The Labute approximate surface area is 195 Å². The Morgan fingerprint density at radius 3 is 2.45 bits per heavy atom. The van der Waals surface area contributed by atoms with Gasteiger partial charge in [-0.05, 0) is 24.3 Å². The van der Waals surface area contributed by atoms with Crippen molar-refractivity contribution in [2.75, 3.05) is 26.9 Å². The summed E-state index contributed by atoms with van der Waals surface area (Å²) in [6.07, 6.45) is 0. The number of aliphatic hydroxyl groups is 1. The van der Waals surface area contributed by atoms with E-state index in [0.29, 0.717) is 21.4 Å². The zero-order valence-electron chi connectivity index (χ0n) is 15.8. The lowest BCUT2D eigenvalue weighted by molar-refractivity contribution is -0.0349. The van der Waals surface area contributed by atoms with E-state index in [1.165, 1.54) is 38.0 Å². The van der Waals surface area contributed by atoms with Gasteiger partial charge in [0, 0.05) is 26.7 Å². The van der Waals surface area contributed by atoms with Gasteiger partial charge in [0.2, 0.25) is 10.0 Å². The number of hydrogen-bond acceptors (Lipinski definition) is 5. The van der Waals surface area contributed by atoms with Crippen LogP contribution in [-0.2, 0) is 15.7 Å². The van der Waals surface area contributed by atoms with Crippen molar-refractivity contribution in [2.45, 2.75) is 10.6 Å². The molecule has 6 nitrogen and oxygen atoms in total. The summed E-state index contributed by atoms with van der Waals surface area (Å²) < 4.78 is 26.2. The molecule has 0 bridgehead atoms. The zero-order valence-corrected chi connectivity index (χ0v) is 20.7. The third-order valence-electron chi connectivity index (χ3n) is 4.47. The Kier molecular flexibility index (Phi) is 7.70. The standard InChI is InChI=1S/C18H19Cl2N3O3S2.BrH/c1-22(2)28(25,26)16-10-12(8-9-14(16)20)18(24)11-27-17(23(18)3)21-15-7-5-4-6-13(15)19;/h4-10,24H,11H2,1-3H3;1H/b21-17+;. The summed E-state index contributed by atoms with van der Waals surface area (Å²) >= 11 is 13.6. The van der Waals surface area contributed by atoms with Crippen LogP contribution >= 0.6 is 51.9 Å². The summed E-state index contributed by atoms with van der Waals surface area (Å²) in [4.78, 5) is 6.09. The third-order valence-corrected chi connectivity index (χ3v) is 8.25. The van der Waals surface area contributed by atoms with Gasteiger partial charge in [0.15, 0.2) is 10.9 Å². The fourth-order valence-electron chi connectivity index (χ4n) is 2.69. The minimum Gasteiger partial charge on any atom is -0.366 e. The normalized spacial score (nSPS) is 20.9. The molecule has 0 aromatic heterocycles. The third kappa shape index (κ3) is 4.61. The Bertz CT molecular complexity index is 1050. The van der Waals surface area contributed by atoms with Crippen molar-refractivity contribution in [1.82, 2.24) is 9.21 Å². The second kappa shape index (κ2) is 9.13. The lowest BCUT2D eigenvalue weighted by Crippen LogP contribution is -2.42. The molecule has 0 amide bonds. The zero-order chi connectivity index (χ0) is 20.7. The summed E-state index contributed by atoms with van der Waals surface area (Å²) in [7, 11) is 0.804. The second-order valence-corrected chi connectivity index (χ2v) is 10.3.